The van der Waals surface area contributed by atoms with Gasteiger partial charge >= 0.3 is 0 Å². The Balaban J connectivity index is 1.64. The van der Waals surface area contributed by atoms with Crippen molar-refractivity contribution in [1.82, 2.24) is 0 Å². The first-order valence-corrected chi connectivity index (χ1v) is 8.45. The maximum absolute atomic E-state index is 12.4. The molecule has 4 nitrogen and oxygen atoms in total. The number of hydrogen-bond donors (Lipinski definition) is 1. The van der Waals surface area contributed by atoms with Crippen molar-refractivity contribution in [3.05, 3.63) is 65.7 Å². The molecule has 1 N–H and O–H groups in total. The van der Waals surface area contributed by atoms with Crippen LogP contribution in [0.1, 0.15) is 36.3 Å². The van der Waals surface area contributed by atoms with E-state index in [0.29, 0.717) is 6.42 Å². The minimum Gasteiger partial charge on any atom is -0.508 e. The molecule has 0 bridgehead atoms. The van der Waals surface area contributed by atoms with Crippen molar-refractivity contribution in [2.45, 2.75) is 31.6 Å². The van der Waals surface area contributed by atoms with E-state index in [2.05, 4.69) is 0 Å². The van der Waals surface area contributed by atoms with Gasteiger partial charge in [-0.05, 0) is 35.6 Å². The molecule has 0 saturated heterocycles. The number of ketones is 3. The van der Waals surface area contributed by atoms with Crippen LogP contribution in [-0.2, 0) is 20.8 Å². The zero-order valence-corrected chi connectivity index (χ0v) is 13.9. The molecule has 128 valence electrons. The van der Waals surface area contributed by atoms with E-state index in [4.69, 9.17) is 0 Å². The van der Waals surface area contributed by atoms with Gasteiger partial charge in [-0.15, -0.1) is 0 Å². The van der Waals surface area contributed by atoms with Crippen molar-refractivity contribution in [2.75, 3.05) is 0 Å². The van der Waals surface area contributed by atoms with Gasteiger partial charge in [-0.3, -0.25) is 14.4 Å². The summed E-state index contributed by atoms with van der Waals surface area (Å²) in [7, 11) is 0. The Bertz CT molecular complexity index is 759. The number of carbonyl (C=O) groups is 3. The molecule has 0 aromatic heterocycles. The summed E-state index contributed by atoms with van der Waals surface area (Å²) in [4.78, 5) is 37.2. The van der Waals surface area contributed by atoms with Gasteiger partial charge in [-0.25, -0.2) is 0 Å². The van der Waals surface area contributed by atoms with Gasteiger partial charge in [0.25, 0.3) is 0 Å². The van der Waals surface area contributed by atoms with Gasteiger partial charge in [-0.1, -0.05) is 42.5 Å². The highest BCUT2D eigenvalue weighted by Gasteiger charge is 2.39. The third-order valence-corrected chi connectivity index (χ3v) is 4.73. The third kappa shape index (κ3) is 4.02. The van der Waals surface area contributed by atoms with E-state index in [1.807, 2.05) is 30.3 Å². The Morgan fingerprint density at radius 3 is 2.12 bits per heavy atom. The lowest BCUT2D eigenvalue weighted by atomic mass is 9.74. The maximum Gasteiger partial charge on any atom is 0.151 e. The average Bonchev–Trinajstić information content (AvgIpc) is 2.61. The number of rotatable bonds is 5. The molecule has 4 heteroatoms. The van der Waals surface area contributed by atoms with Crippen LogP contribution >= 0.6 is 0 Å². The summed E-state index contributed by atoms with van der Waals surface area (Å²) in [6.07, 6.45) is 1.13. The fourth-order valence-corrected chi connectivity index (χ4v) is 3.37. The Hall–Kier alpha value is -2.75. The van der Waals surface area contributed by atoms with Crippen LogP contribution in [0.25, 0.3) is 0 Å². The highest BCUT2D eigenvalue weighted by atomic mass is 16.3. The summed E-state index contributed by atoms with van der Waals surface area (Å²) in [5, 5.41) is 9.35. The Morgan fingerprint density at radius 2 is 1.52 bits per heavy atom. The minimum absolute atomic E-state index is 0.145. The minimum atomic E-state index is -1.10. The molecule has 0 radical (unpaired) electrons. The van der Waals surface area contributed by atoms with Gasteiger partial charge in [0.2, 0.25) is 0 Å². The van der Waals surface area contributed by atoms with Crippen LogP contribution in [0.2, 0.25) is 0 Å². The van der Waals surface area contributed by atoms with Gasteiger partial charge in [0.05, 0.1) is 0 Å². The highest BCUT2D eigenvalue weighted by molar-refractivity contribution is 6.21. The molecule has 2 aromatic carbocycles. The van der Waals surface area contributed by atoms with E-state index in [9.17, 15) is 19.5 Å². The van der Waals surface area contributed by atoms with E-state index in [1.54, 1.807) is 24.3 Å². The van der Waals surface area contributed by atoms with Crippen LogP contribution in [0.15, 0.2) is 54.6 Å². The number of phenolic OH excluding ortho intramolecular Hbond substituents is 1. The Labute approximate surface area is 146 Å². The number of carbonyl (C=O) groups excluding carboxylic acids is 3. The van der Waals surface area contributed by atoms with Gasteiger partial charge in [0, 0.05) is 19.3 Å². The summed E-state index contributed by atoms with van der Waals surface area (Å²) >= 11 is 0. The smallest absolute Gasteiger partial charge is 0.151 e. The first kappa shape index (κ1) is 17.1. The number of aryl methyl sites for hydroxylation is 1. The summed E-state index contributed by atoms with van der Waals surface area (Å²) < 4.78 is 0. The number of aromatic hydroxyl groups is 1. The molecule has 0 atom stereocenters. The maximum atomic E-state index is 12.4. The summed E-state index contributed by atoms with van der Waals surface area (Å²) in [5.41, 5.74) is 1.86. The normalized spacial score (nSPS) is 20.5. The van der Waals surface area contributed by atoms with Gasteiger partial charge in [-0.2, -0.15) is 0 Å². The van der Waals surface area contributed by atoms with Crippen LogP contribution in [-0.4, -0.2) is 22.5 Å². The van der Waals surface area contributed by atoms with Crippen LogP contribution in [0.5, 0.6) is 5.75 Å². The average molecular weight is 336 g/mol. The zero-order chi connectivity index (χ0) is 17.8. The SMILES string of the molecule is O=C(CCc1ccccc1)C1C(=O)CC(c2ccc(O)cc2)CC1=O. The second-order valence-corrected chi connectivity index (χ2v) is 6.51. The Kier molecular flexibility index (Phi) is 5.08. The van der Waals surface area contributed by atoms with E-state index in [-0.39, 0.29) is 48.3 Å². The van der Waals surface area contributed by atoms with Crippen LogP contribution < -0.4 is 0 Å². The first-order chi connectivity index (χ1) is 12.0. The van der Waals surface area contributed by atoms with Crippen molar-refractivity contribution in [2.24, 2.45) is 5.92 Å². The summed E-state index contributed by atoms with van der Waals surface area (Å²) in [5.74, 6) is -2.01. The van der Waals surface area contributed by atoms with E-state index < -0.39 is 5.92 Å². The summed E-state index contributed by atoms with van der Waals surface area (Å²) in [6, 6.07) is 16.1. The topological polar surface area (TPSA) is 71.4 Å². The number of Topliss-reactive ketones (excluding diaryl/α,β-unsaturated/α-hetero) is 3. The molecule has 2 aromatic rings. The monoisotopic (exact) mass is 336 g/mol. The van der Waals surface area contributed by atoms with Crippen LogP contribution in [0.4, 0.5) is 0 Å². The molecule has 1 aliphatic carbocycles. The predicted molar refractivity (Wildman–Crippen MR) is 93.4 cm³/mol. The van der Waals surface area contributed by atoms with E-state index in [1.165, 1.54) is 0 Å². The molecule has 1 fully saturated rings. The van der Waals surface area contributed by atoms with Crippen molar-refractivity contribution < 1.29 is 19.5 Å². The van der Waals surface area contributed by atoms with Crippen molar-refractivity contribution in [3.8, 4) is 5.75 Å². The molecule has 25 heavy (non-hydrogen) atoms. The lowest BCUT2D eigenvalue weighted by molar-refractivity contribution is -0.142. The van der Waals surface area contributed by atoms with Crippen molar-refractivity contribution in [3.63, 3.8) is 0 Å². The highest BCUT2D eigenvalue weighted by Crippen LogP contribution is 2.33. The van der Waals surface area contributed by atoms with Crippen molar-refractivity contribution in [1.29, 1.82) is 0 Å². The zero-order valence-electron chi connectivity index (χ0n) is 13.9. The van der Waals surface area contributed by atoms with E-state index >= 15 is 0 Å². The van der Waals surface area contributed by atoms with E-state index in [0.717, 1.165) is 11.1 Å². The lowest BCUT2D eigenvalue weighted by Crippen LogP contribution is -2.38. The standard InChI is InChI=1S/C21H20O4/c22-17-9-7-15(8-10-17)16-12-19(24)21(20(25)13-16)18(23)11-6-14-4-2-1-3-5-14/h1-5,7-10,16,21-22H,6,11-13H2. The molecule has 3 rings (SSSR count). The molecule has 1 saturated carbocycles. The molecular weight excluding hydrogens is 316 g/mol. The number of hydrogen-bond acceptors (Lipinski definition) is 4. The van der Waals surface area contributed by atoms with Gasteiger partial charge in [0.15, 0.2) is 17.3 Å². The molecule has 0 amide bonds. The van der Waals surface area contributed by atoms with Crippen LogP contribution in [0, 0.1) is 5.92 Å². The number of phenols is 1. The molecular formula is C21H20O4. The van der Waals surface area contributed by atoms with Crippen molar-refractivity contribution >= 4 is 17.3 Å². The van der Waals surface area contributed by atoms with Crippen LogP contribution in [0.3, 0.4) is 0 Å². The molecule has 0 spiro atoms. The quantitative estimate of drug-likeness (QED) is 0.851. The molecule has 1 aliphatic rings. The fraction of sp³-hybridized carbons (Fsp3) is 0.286. The first-order valence-electron chi connectivity index (χ1n) is 8.45. The molecule has 0 unspecified atom stereocenters. The second kappa shape index (κ2) is 7.43. The third-order valence-electron chi connectivity index (χ3n) is 4.73. The van der Waals surface area contributed by atoms with Gasteiger partial charge in [0.1, 0.15) is 11.7 Å². The van der Waals surface area contributed by atoms with Gasteiger partial charge < -0.3 is 5.11 Å². The summed E-state index contributed by atoms with van der Waals surface area (Å²) in [6.45, 7) is 0. The molecule has 0 heterocycles. The Morgan fingerprint density at radius 1 is 0.920 bits per heavy atom. The number of benzene rings is 2. The predicted octanol–water partition coefficient (Wildman–Crippen LogP) is 3.23. The fourth-order valence-electron chi connectivity index (χ4n) is 3.37. The second-order valence-electron chi connectivity index (χ2n) is 6.51. The lowest BCUT2D eigenvalue weighted by Gasteiger charge is -2.26. The largest absolute Gasteiger partial charge is 0.508 e. The molecule has 0 aliphatic heterocycles.